The number of rotatable bonds is 19. The van der Waals surface area contributed by atoms with Crippen molar-refractivity contribution < 1.29 is 41.7 Å². The number of esters is 2. The Labute approximate surface area is 259 Å². The van der Waals surface area contributed by atoms with E-state index in [0.717, 1.165) is 51.0 Å². The van der Waals surface area contributed by atoms with Gasteiger partial charge in [-0.1, -0.05) is 65.2 Å². The molecule has 244 valence electrons. The van der Waals surface area contributed by atoms with E-state index < -0.39 is 35.3 Å². The van der Waals surface area contributed by atoms with Crippen LogP contribution in [0.2, 0.25) is 0 Å². The molecule has 0 radical (unpaired) electrons. The monoisotopic (exact) mass is 620 g/mol. The molecule has 0 N–H and O–H groups in total. The minimum Gasteiger partial charge on any atom is -0.493 e. The summed E-state index contributed by atoms with van der Waals surface area (Å²) in [6, 6.07) is 8.70. The smallest absolute Gasteiger partial charge is 0.346 e. The lowest BCUT2D eigenvalue weighted by molar-refractivity contribution is -0.157. The maximum atomic E-state index is 14.7. The molecule has 0 heterocycles. The maximum Gasteiger partial charge on any atom is 0.346 e. The highest BCUT2D eigenvalue weighted by atomic mass is 19.2. The van der Waals surface area contributed by atoms with E-state index in [1.165, 1.54) is 37.5 Å². The Bertz CT molecular complexity index is 1150. The fourth-order valence-corrected chi connectivity index (χ4v) is 5.18. The summed E-state index contributed by atoms with van der Waals surface area (Å²) in [6.45, 7) is 4.85. The molecular weight excluding hydrogens is 573 g/mol. The molecule has 2 aromatic carbocycles. The van der Waals surface area contributed by atoms with Crippen molar-refractivity contribution in [1.29, 1.82) is 0 Å². The summed E-state index contributed by atoms with van der Waals surface area (Å²) < 4.78 is 65.0. The molecular formula is C35H47F3O6. The molecule has 1 aliphatic carbocycles. The van der Waals surface area contributed by atoms with Crippen molar-refractivity contribution in [2.45, 2.75) is 116 Å². The molecule has 0 amide bonds. The summed E-state index contributed by atoms with van der Waals surface area (Å²) in [5.41, 5.74) is -0.518. The first-order valence-electron chi connectivity index (χ1n) is 16.2. The SMILES string of the molecule is CCCCCCCCCOc1ccc(C(=O)Oc2ccc(OC[C@H]3CC[C@H](OC(=O)[C@@H](F)CCCC)CC3)cc2)c(F)c1F. The molecule has 1 saturated carbocycles. The molecule has 0 bridgehead atoms. The minimum atomic E-state index is -1.55. The molecule has 1 atom stereocenters. The van der Waals surface area contributed by atoms with Crippen molar-refractivity contribution in [2.75, 3.05) is 13.2 Å². The molecule has 3 rings (SSSR count). The van der Waals surface area contributed by atoms with E-state index >= 15 is 0 Å². The fraction of sp³-hybridized carbons (Fsp3) is 0.600. The van der Waals surface area contributed by atoms with Gasteiger partial charge in [-0.15, -0.1) is 0 Å². The summed E-state index contributed by atoms with van der Waals surface area (Å²) in [4.78, 5) is 24.5. The van der Waals surface area contributed by atoms with Gasteiger partial charge in [0.25, 0.3) is 0 Å². The molecule has 2 aromatic rings. The van der Waals surface area contributed by atoms with Gasteiger partial charge in [-0.05, 0) is 80.8 Å². The van der Waals surface area contributed by atoms with Crippen LogP contribution in [0.4, 0.5) is 13.2 Å². The number of unbranched alkanes of at least 4 members (excludes halogenated alkanes) is 7. The van der Waals surface area contributed by atoms with Gasteiger partial charge in [0, 0.05) is 0 Å². The third-order valence-electron chi connectivity index (χ3n) is 7.94. The second-order valence-corrected chi connectivity index (χ2v) is 11.6. The number of hydrogen-bond donors (Lipinski definition) is 0. The van der Waals surface area contributed by atoms with Gasteiger partial charge in [0.1, 0.15) is 17.6 Å². The van der Waals surface area contributed by atoms with Crippen LogP contribution in [0.5, 0.6) is 17.2 Å². The first kappa shape index (κ1) is 35.3. The molecule has 44 heavy (non-hydrogen) atoms. The second-order valence-electron chi connectivity index (χ2n) is 11.6. The topological polar surface area (TPSA) is 71.1 Å². The highest BCUT2D eigenvalue weighted by molar-refractivity contribution is 5.91. The number of carbonyl (C=O) groups excluding carboxylic acids is 2. The van der Waals surface area contributed by atoms with Crippen LogP contribution in [-0.2, 0) is 9.53 Å². The molecule has 0 aromatic heterocycles. The van der Waals surface area contributed by atoms with E-state index in [0.29, 0.717) is 31.6 Å². The molecule has 9 heteroatoms. The third-order valence-corrected chi connectivity index (χ3v) is 7.94. The lowest BCUT2D eigenvalue weighted by Gasteiger charge is -2.28. The summed E-state index contributed by atoms with van der Waals surface area (Å²) in [6.07, 6.45) is 10.4. The van der Waals surface area contributed by atoms with Gasteiger partial charge in [0.2, 0.25) is 5.82 Å². The van der Waals surface area contributed by atoms with Crippen LogP contribution >= 0.6 is 0 Å². The Hall–Kier alpha value is -3.23. The highest BCUT2D eigenvalue weighted by Crippen LogP contribution is 2.29. The van der Waals surface area contributed by atoms with Crippen molar-refractivity contribution in [3.8, 4) is 17.2 Å². The number of ether oxygens (including phenoxy) is 4. The Morgan fingerprint density at radius 3 is 2.09 bits per heavy atom. The van der Waals surface area contributed by atoms with Crippen LogP contribution in [-0.4, -0.2) is 37.4 Å². The molecule has 1 aliphatic rings. The van der Waals surface area contributed by atoms with E-state index in [-0.39, 0.29) is 36.5 Å². The predicted molar refractivity (Wildman–Crippen MR) is 163 cm³/mol. The average Bonchev–Trinajstić information content (AvgIpc) is 3.03. The Kier molecular flexibility index (Phi) is 15.4. The van der Waals surface area contributed by atoms with Gasteiger partial charge < -0.3 is 18.9 Å². The van der Waals surface area contributed by atoms with Crippen molar-refractivity contribution in [3.05, 3.63) is 53.6 Å². The van der Waals surface area contributed by atoms with Crippen LogP contribution in [0.25, 0.3) is 0 Å². The first-order chi connectivity index (χ1) is 21.3. The number of benzene rings is 2. The first-order valence-corrected chi connectivity index (χ1v) is 16.2. The summed E-state index contributed by atoms with van der Waals surface area (Å²) in [7, 11) is 0. The van der Waals surface area contributed by atoms with Crippen molar-refractivity contribution in [1.82, 2.24) is 0 Å². The van der Waals surface area contributed by atoms with Crippen LogP contribution in [0, 0.1) is 17.6 Å². The third kappa shape index (κ3) is 11.7. The van der Waals surface area contributed by atoms with Crippen LogP contribution in [0.1, 0.15) is 114 Å². The van der Waals surface area contributed by atoms with Crippen molar-refractivity contribution >= 4 is 11.9 Å². The lowest BCUT2D eigenvalue weighted by atomic mass is 9.88. The largest absolute Gasteiger partial charge is 0.493 e. The normalized spacial score (nSPS) is 17.1. The lowest BCUT2D eigenvalue weighted by Crippen LogP contribution is -2.30. The number of halogens is 3. The predicted octanol–water partition coefficient (Wildman–Crippen LogP) is 9.32. The zero-order valence-electron chi connectivity index (χ0n) is 26.1. The number of hydrogen-bond acceptors (Lipinski definition) is 6. The van der Waals surface area contributed by atoms with Gasteiger partial charge in [-0.3, -0.25) is 0 Å². The maximum absolute atomic E-state index is 14.7. The van der Waals surface area contributed by atoms with Crippen LogP contribution in [0.15, 0.2) is 36.4 Å². The number of carbonyl (C=O) groups is 2. The standard InChI is InChI=1S/C35H47F3O6/c1-3-5-7-8-9-10-11-23-41-31-22-21-29(32(37)33(31)38)34(39)43-28-19-17-26(18-20-28)42-24-25-13-15-27(16-14-25)44-35(40)30(36)12-6-4-2/h17-22,25,27,30H,3-16,23-24H2,1-2H3/t25-,27-,30-/m0/s1. The highest BCUT2D eigenvalue weighted by Gasteiger charge is 2.27. The van der Waals surface area contributed by atoms with Crippen LogP contribution < -0.4 is 14.2 Å². The number of alkyl halides is 1. The zero-order valence-corrected chi connectivity index (χ0v) is 26.1. The molecule has 0 spiro atoms. The van der Waals surface area contributed by atoms with E-state index in [2.05, 4.69) is 6.92 Å². The Balaban J connectivity index is 1.38. The zero-order chi connectivity index (χ0) is 31.7. The second kappa shape index (κ2) is 19.2. The summed E-state index contributed by atoms with van der Waals surface area (Å²) >= 11 is 0. The quantitative estimate of drug-likeness (QED) is 0.0886. The minimum absolute atomic E-state index is 0.161. The van der Waals surface area contributed by atoms with Crippen LogP contribution in [0.3, 0.4) is 0 Å². The van der Waals surface area contributed by atoms with Crippen molar-refractivity contribution in [3.63, 3.8) is 0 Å². The van der Waals surface area contributed by atoms with Gasteiger partial charge in [-0.2, -0.15) is 4.39 Å². The Morgan fingerprint density at radius 1 is 0.773 bits per heavy atom. The van der Waals surface area contributed by atoms with Gasteiger partial charge >= 0.3 is 11.9 Å². The summed E-state index contributed by atoms with van der Waals surface area (Å²) in [5.74, 6) is -3.53. The van der Waals surface area contributed by atoms with E-state index in [1.807, 2.05) is 6.92 Å². The van der Waals surface area contributed by atoms with E-state index in [4.69, 9.17) is 18.9 Å². The molecule has 0 unspecified atom stereocenters. The molecule has 1 fully saturated rings. The van der Waals surface area contributed by atoms with Gasteiger partial charge in [0.15, 0.2) is 17.7 Å². The van der Waals surface area contributed by atoms with Gasteiger partial charge in [0.05, 0.1) is 18.8 Å². The fourth-order valence-electron chi connectivity index (χ4n) is 5.18. The van der Waals surface area contributed by atoms with E-state index in [9.17, 15) is 22.8 Å². The van der Waals surface area contributed by atoms with Gasteiger partial charge in [-0.25, -0.2) is 18.4 Å². The average molecular weight is 621 g/mol. The van der Waals surface area contributed by atoms with Crippen molar-refractivity contribution in [2.24, 2.45) is 5.92 Å². The molecule has 0 aliphatic heterocycles. The van der Waals surface area contributed by atoms with E-state index in [1.54, 1.807) is 12.1 Å². The summed E-state index contributed by atoms with van der Waals surface area (Å²) in [5, 5.41) is 0. The molecule has 0 saturated heterocycles. The Morgan fingerprint density at radius 2 is 1.41 bits per heavy atom. The molecule has 6 nitrogen and oxygen atoms in total.